The van der Waals surface area contributed by atoms with E-state index in [1.807, 2.05) is 13.8 Å². The summed E-state index contributed by atoms with van der Waals surface area (Å²) in [6, 6.07) is 5.45. The molecule has 0 unspecified atom stereocenters. The average molecular weight is 489 g/mol. The van der Waals surface area contributed by atoms with Crippen molar-refractivity contribution in [2.75, 3.05) is 26.5 Å². The molecule has 0 fully saturated rings. The van der Waals surface area contributed by atoms with E-state index in [0.717, 1.165) is 12.0 Å². The number of hydrogen-bond donors (Lipinski definition) is 0. The van der Waals surface area contributed by atoms with Crippen molar-refractivity contribution in [1.82, 2.24) is 4.98 Å². The maximum absolute atomic E-state index is 13.0. The topological polar surface area (TPSA) is 60.8 Å². The molecule has 0 aliphatic rings. The minimum absolute atomic E-state index is 0.0812. The zero-order valence-corrected chi connectivity index (χ0v) is 21.5. The van der Waals surface area contributed by atoms with Crippen LogP contribution in [0.4, 0.5) is 13.2 Å². The Kier molecular flexibility index (Phi) is 14.5. The van der Waals surface area contributed by atoms with Gasteiger partial charge in [-0.25, -0.2) is 4.98 Å². The largest absolute Gasteiger partial charge is 0.494 e. The number of methoxy groups -OCH3 is 1. The fourth-order valence-electron chi connectivity index (χ4n) is 2.30. The highest BCUT2D eigenvalue weighted by atomic mass is 32.2. The number of carbonyl (C=O) groups excluding carboxylic acids is 1. The van der Waals surface area contributed by atoms with Crippen molar-refractivity contribution >= 4 is 33.7 Å². The molecule has 5 nitrogen and oxygen atoms in total. The van der Waals surface area contributed by atoms with Gasteiger partial charge in [0, 0.05) is 10.9 Å². The van der Waals surface area contributed by atoms with Crippen molar-refractivity contribution in [3.8, 4) is 5.75 Å². The third kappa shape index (κ3) is 10.0. The van der Waals surface area contributed by atoms with E-state index in [2.05, 4.69) is 30.7 Å². The fourth-order valence-corrected chi connectivity index (χ4v) is 2.90. The van der Waals surface area contributed by atoms with Crippen molar-refractivity contribution in [3.05, 3.63) is 35.5 Å². The highest BCUT2D eigenvalue weighted by Gasteiger charge is 2.33. The molecule has 0 bridgehead atoms. The normalized spacial score (nSPS) is 11.3. The minimum Gasteiger partial charge on any atom is -0.494 e. The Morgan fingerprint density at radius 1 is 1.15 bits per heavy atom. The Bertz CT molecular complexity index is 900. The molecule has 0 aliphatic heterocycles. The number of hydrogen-bond acceptors (Lipinski definition) is 6. The summed E-state index contributed by atoms with van der Waals surface area (Å²) >= 11 is 1.27. The maximum atomic E-state index is 13.0. The molecule has 0 N–H and O–H groups in total. The summed E-state index contributed by atoms with van der Waals surface area (Å²) in [4.78, 5) is 19.5. The molecule has 33 heavy (non-hydrogen) atoms. The highest BCUT2D eigenvalue weighted by Crippen LogP contribution is 2.34. The Hall–Kier alpha value is -2.29. The number of esters is 1. The van der Waals surface area contributed by atoms with E-state index >= 15 is 0 Å². The fraction of sp³-hybridized carbons (Fsp3) is 0.542. The Labute approximate surface area is 199 Å². The minimum atomic E-state index is -4.56. The van der Waals surface area contributed by atoms with Crippen LogP contribution in [-0.2, 0) is 15.7 Å². The number of halogens is 3. The van der Waals surface area contributed by atoms with Crippen LogP contribution in [0.2, 0.25) is 0 Å². The van der Waals surface area contributed by atoms with Gasteiger partial charge in [0.2, 0.25) is 0 Å². The van der Waals surface area contributed by atoms with Crippen LogP contribution in [0.25, 0.3) is 10.9 Å². The van der Waals surface area contributed by atoms with E-state index in [1.165, 1.54) is 37.4 Å². The van der Waals surface area contributed by atoms with E-state index in [1.54, 1.807) is 19.2 Å². The first-order valence-corrected chi connectivity index (χ1v) is 12.1. The molecule has 1 heterocycles. The summed E-state index contributed by atoms with van der Waals surface area (Å²) in [7, 11) is 1.36. The highest BCUT2D eigenvalue weighted by molar-refractivity contribution is 8.13. The van der Waals surface area contributed by atoms with Gasteiger partial charge >= 0.3 is 12.1 Å². The summed E-state index contributed by atoms with van der Waals surface area (Å²) in [6.07, 6.45) is -1.49. The third-order valence-corrected chi connectivity index (χ3v) is 4.96. The standard InChI is InChI=1S/C17H17F3N2O3S.C5H12.C2H6/c1-4-25-14(23)9-21-16(26-3)11-5-7-12(24-2)15-10(11)6-8-13(22-15)17(18,19)20;1-4-5(2)3;1-2/h5-8H,4,9H2,1-3H3;5H,4H2,1-3H3;1-2H3. The van der Waals surface area contributed by atoms with Gasteiger partial charge in [-0.1, -0.05) is 41.0 Å². The summed E-state index contributed by atoms with van der Waals surface area (Å²) in [5.74, 6) is 0.630. The van der Waals surface area contributed by atoms with Crippen molar-refractivity contribution in [3.63, 3.8) is 0 Å². The Balaban J connectivity index is 0.00000129. The van der Waals surface area contributed by atoms with Gasteiger partial charge < -0.3 is 9.47 Å². The van der Waals surface area contributed by atoms with Crippen LogP contribution in [0.5, 0.6) is 5.75 Å². The predicted octanol–water partition coefficient (Wildman–Crippen LogP) is 7.01. The molecular formula is C24H35F3N2O3S. The van der Waals surface area contributed by atoms with Gasteiger partial charge in [0.05, 0.1) is 18.8 Å². The van der Waals surface area contributed by atoms with Crippen LogP contribution in [0.15, 0.2) is 29.3 Å². The Morgan fingerprint density at radius 3 is 2.21 bits per heavy atom. The van der Waals surface area contributed by atoms with Crippen LogP contribution in [-0.4, -0.2) is 42.5 Å². The van der Waals surface area contributed by atoms with Crippen LogP contribution in [0.1, 0.15) is 59.2 Å². The second-order valence-corrected chi connectivity index (χ2v) is 7.63. The number of aliphatic imine (C=N–C) groups is 1. The van der Waals surface area contributed by atoms with E-state index in [4.69, 9.17) is 9.47 Å². The maximum Gasteiger partial charge on any atom is 0.433 e. The molecule has 186 valence electrons. The number of benzene rings is 1. The van der Waals surface area contributed by atoms with Gasteiger partial charge in [-0.2, -0.15) is 13.2 Å². The molecule has 1 aromatic carbocycles. The second-order valence-electron chi connectivity index (χ2n) is 6.84. The van der Waals surface area contributed by atoms with Gasteiger partial charge in [-0.3, -0.25) is 9.79 Å². The molecule has 2 aromatic rings. The smallest absolute Gasteiger partial charge is 0.433 e. The molecule has 1 aromatic heterocycles. The number of alkyl halides is 3. The van der Waals surface area contributed by atoms with Gasteiger partial charge in [-0.05, 0) is 43.4 Å². The van der Waals surface area contributed by atoms with Crippen molar-refractivity contribution in [1.29, 1.82) is 0 Å². The molecule has 2 rings (SSSR count). The molecular weight excluding hydrogens is 453 g/mol. The number of thioether (sulfide) groups is 1. The summed E-state index contributed by atoms with van der Waals surface area (Å²) in [5, 5.41) is 0.946. The van der Waals surface area contributed by atoms with Gasteiger partial charge in [-0.15, -0.1) is 11.8 Å². The van der Waals surface area contributed by atoms with E-state index < -0.39 is 17.8 Å². The number of aromatic nitrogens is 1. The lowest BCUT2D eigenvalue weighted by molar-refractivity contribution is -0.142. The SMILES string of the molecule is CC.CCC(C)C.CCOC(=O)CN=C(SC)c1ccc(OC)c2nc(C(F)(F)F)ccc12. The second kappa shape index (κ2) is 15.5. The lowest BCUT2D eigenvalue weighted by Crippen LogP contribution is -2.11. The van der Waals surface area contributed by atoms with E-state index in [0.29, 0.717) is 16.0 Å². The molecule has 0 saturated heterocycles. The number of carbonyl (C=O) groups is 1. The monoisotopic (exact) mass is 488 g/mol. The summed E-state index contributed by atoms with van der Waals surface area (Å²) < 4.78 is 48.9. The van der Waals surface area contributed by atoms with Crippen LogP contribution < -0.4 is 4.74 Å². The first-order chi connectivity index (χ1) is 15.6. The van der Waals surface area contributed by atoms with Crippen LogP contribution in [0, 0.1) is 5.92 Å². The van der Waals surface area contributed by atoms with Crippen molar-refractivity contribution in [2.24, 2.45) is 10.9 Å². The molecule has 9 heteroatoms. The van der Waals surface area contributed by atoms with E-state index in [-0.39, 0.29) is 24.4 Å². The number of fused-ring (bicyclic) bond motifs is 1. The average Bonchev–Trinajstić information content (AvgIpc) is 2.80. The zero-order valence-electron chi connectivity index (χ0n) is 20.7. The van der Waals surface area contributed by atoms with Crippen LogP contribution in [0.3, 0.4) is 0 Å². The van der Waals surface area contributed by atoms with Crippen molar-refractivity contribution < 1.29 is 27.4 Å². The lowest BCUT2D eigenvalue weighted by atomic mass is 10.1. The first-order valence-electron chi connectivity index (χ1n) is 10.9. The Morgan fingerprint density at radius 2 is 1.76 bits per heavy atom. The van der Waals surface area contributed by atoms with Crippen LogP contribution >= 0.6 is 11.8 Å². The number of nitrogens with zero attached hydrogens (tertiary/aromatic N) is 2. The third-order valence-electron chi connectivity index (χ3n) is 4.23. The lowest BCUT2D eigenvalue weighted by Gasteiger charge is -2.13. The number of ether oxygens (including phenoxy) is 2. The van der Waals surface area contributed by atoms with Crippen molar-refractivity contribution in [2.45, 2.75) is 54.1 Å². The number of pyridine rings is 1. The number of rotatable bonds is 6. The molecule has 0 radical (unpaired) electrons. The first kappa shape index (κ1) is 30.7. The molecule has 0 saturated carbocycles. The van der Waals surface area contributed by atoms with Gasteiger partial charge in [0.25, 0.3) is 0 Å². The predicted molar refractivity (Wildman–Crippen MR) is 131 cm³/mol. The summed E-state index contributed by atoms with van der Waals surface area (Å²) in [6.45, 7) is 12.4. The molecule has 0 spiro atoms. The zero-order chi connectivity index (χ0) is 25.6. The van der Waals surface area contributed by atoms with Gasteiger partial charge in [0.15, 0.2) is 0 Å². The molecule has 0 aliphatic carbocycles. The molecule has 0 atom stereocenters. The quantitative estimate of drug-likeness (QED) is 0.249. The van der Waals surface area contributed by atoms with Gasteiger partial charge in [0.1, 0.15) is 23.5 Å². The summed E-state index contributed by atoms with van der Waals surface area (Å²) in [5.41, 5.74) is -0.355. The molecule has 0 amide bonds. The van der Waals surface area contributed by atoms with E-state index in [9.17, 15) is 18.0 Å².